The van der Waals surface area contributed by atoms with Crippen LogP contribution in [0.4, 0.5) is 8.78 Å². The monoisotopic (exact) mass is 370 g/mol. The normalized spacial score (nSPS) is 10.8. The summed E-state index contributed by atoms with van der Waals surface area (Å²) in [5.74, 6) is -2.86. The number of aromatic nitrogens is 1. The fraction of sp³-hybridized carbons (Fsp3) is 0.250. The van der Waals surface area contributed by atoms with Crippen LogP contribution in [0.15, 0.2) is 35.4 Å². The second-order valence-electron chi connectivity index (χ2n) is 5.19. The molecule has 1 aromatic heterocycles. The molecule has 0 aliphatic heterocycles. The Kier molecular flexibility index (Phi) is 6.39. The van der Waals surface area contributed by atoms with E-state index in [9.17, 15) is 18.4 Å². The summed E-state index contributed by atoms with van der Waals surface area (Å²) in [7, 11) is 1.21. The first-order valence-electron chi connectivity index (χ1n) is 7.34. The van der Waals surface area contributed by atoms with Crippen molar-refractivity contribution in [2.75, 3.05) is 7.11 Å². The number of benzene rings is 1. The third-order valence-corrected chi connectivity index (χ3v) is 3.30. The van der Waals surface area contributed by atoms with Crippen molar-refractivity contribution in [3.8, 4) is 5.75 Å². The van der Waals surface area contributed by atoms with Crippen LogP contribution in [-0.2, 0) is 17.9 Å². The maximum absolute atomic E-state index is 13.5. The molecule has 2 rings (SSSR count). The van der Waals surface area contributed by atoms with Crippen molar-refractivity contribution in [2.24, 2.45) is 0 Å². The van der Waals surface area contributed by atoms with Crippen LogP contribution >= 0.6 is 0 Å². The predicted octanol–water partition coefficient (Wildman–Crippen LogP) is 0.307. The fourth-order valence-corrected chi connectivity index (χ4v) is 2.09. The molecule has 10 heteroatoms. The van der Waals surface area contributed by atoms with E-state index in [4.69, 9.17) is 19.8 Å². The van der Waals surface area contributed by atoms with E-state index in [-0.39, 0.29) is 24.4 Å². The zero-order chi connectivity index (χ0) is 19.3. The minimum absolute atomic E-state index is 0.0469. The van der Waals surface area contributed by atoms with Gasteiger partial charge in [0, 0.05) is 17.8 Å². The lowest BCUT2D eigenvalue weighted by molar-refractivity contribution is -0.0515. The molecule has 140 valence electrons. The summed E-state index contributed by atoms with van der Waals surface area (Å²) in [5.41, 5.74) is 1.03. The number of hydroxylamine groups is 1. The molecule has 0 bridgehead atoms. The molecular formula is C16H16F2N2O6. The van der Waals surface area contributed by atoms with Crippen LogP contribution in [0.5, 0.6) is 5.75 Å². The van der Waals surface area contributed by atoms with E-state index in [1.165, 1.54) is 23.9 Å². The van der Waals surface area contributed by atoms with E-state index in [1.54, 1.807) is 0 Å². The molecule has 0 saturated carbocycles. The van der Waals surface area contributed by atoms with Crippen molar-refractivity contribution in [1.29, 1.82) is 0 Å². The number of carbonyl (C=O) groups is 1. The van der Waals surface area contributed by atoms with Crippen LogP contribution in [0.1, 0.15) is 15.9 Å². The molecule has 2 aromatic rings. The first-order valence-corrected chi connectivity index (χ1v) is 7.34. The summed E-state index contributed by atoms with van der Waals surface area (Å²) in [6, 6.07) is 2.90. The minimum Gasteiger partial charge on any atom is -0.491 e. The van der Waals surface area contributed by atoms with E-state index < -0.39 is 34.9 Å². The molecule has 0 atom stereocenters. The van der Waals surface area contributed by atoms with Gasteiger partial charge in [0.2, 0.25) is 5.43 Å². The SMILES string of the molecule is COc1cn(CC(O)O)cc(C(=O)ONCc2ccc(F)cc2F)c1=O. The van der Waals surface area contributed by atoms with Gasteiger partial charge in [0.1, 0.15) is 17.2 Å². The van der Waals surface area contributed by atoms with Crippen molar-refractivity contribution >= 4 is 5.97 Å². The standard InChI is InChI=1S/C16H16F2N2O6/c1-25-13-7-20(8-14(21)22)6-11(15(13)23)16(24)26-19-5-9-2-3-10(17)4-12(9)18/h2-4,6-7,14,19,21-22H,5,8H2,1H3. The maximum atomic E-state index is 13.5. The van der Waals surface area contributed by atoms with Crippen molar-refractivity contribution in [1.82, 2.24) is 10.0 Å². The van der Waals surface area contributed by atoms with E-state index in [0.717, 1.165) is 12.3 Å². The van der Waals surface area contributed by atoms with Gasteiger partial charge in [0.05, 0.1) is 26.4 Å². The van der Waals surface area contributed by atoms with Gasteiger partial charge >= 0.3 is 5.97 Å². The molecule has 0 spiro atoms. The Bertz CT molecular complexity index is 853. The number of carbonyl (C=O) groups excluding carboxylic acids is 1. The number of aliphatic hydroxyl groups excluding tert-OH is 1. The molecular weight excluding hydrogens is 354 g/mol. The van der Waals surface area contributed by atoms with Gasteiger partial charge in [-0.1, -0.05) is 6.07 Å². The van der Waals surface area contributed by atoms with E-state index in [0.29, 0.717) is 6.07 Å². The smallest absolute Gasteiger partial charge is 0.362 e. The zero-order valence-corrected chi connectivity index (χ0v) is 13.6. The molecule has 0 unspecified atom stereocenters. The van der Waals surface area contributed by atoms with Gasteiger partial charge < -0.3 is 24.4 Å². The average molecular weight is 370 g/mol. The molecule has 1 heterocycles. The fourth-order valence-electron chi connectivity index (χ4n) is 2.09. The number of nitrogens with zero attached hydrogens (tertiary/aromatic N) is 1. The predicted molar refractivity (Wildman–Crippen MR) is 84.1 cm³/mol. The number of methoxy groups -OCH3 is 1. The second-order valence-corrected chi connectivity index (χ2v) is 5.19. The van der Waals surface area contributed by atoms with Gasteiger partial charge in [0.15, 0.2) is 12.0 Å². The number of rotatable bonds is 7. The largest absolute Gasteiger partial charge is 0.491 e. The lowest BCUT2D eigenvalue weighted by atomic mass is 10.2. The van der Waals surface area contributed by atoms with Gasteiger partial charge in [0.25, 0.3) is 0 Å². The number of hydrogen-bond donors (Lipinski definition) is 3. The molecule has 1 aromatic carbocycles. The zero-order valence-electron chi connectivity index (χ0n) is 13.6. The number of aliphatic hydroxyl groups is 2. The van der Waals surface area contributed by atoms with E-state index in [2.05, 4.69) is 5.48 Å². The van der Waals surface area contributed by atoms with E-state index >= 15 is 0 Å². The highest BCUT2D eigenvalue weighted by Crippen LogP contribution is 2.10. The number of ether oxygens (including phenoxy) is 1. The van der Waals surface area contributed by atoms with Crippen LogP contribution in [0, 0.1) is 11.6 Å². The first kappa shape index (κ1) is 19.5. The third kappa shape index (κ3) is 4.85. The topological polar surface area (TPSA) is 110 Å². The number of hydrogen-bond acceptors (Lipinski definition) is 7. The van der Waals surface area contributed by atoms with Crippen molar-refractivity contribution < 1.29 is 33.4 Å². The van der Waals surface area contributed by atoms with Crippen molar-refractivity contribution in [2.45, 2.75) is 19.4 Å². The molecule has 0 aliphatic rings. The highest BCUT2D eigenvalue weighted by atomic mass is 19.1. The molecule has 0 radical (unpaired) electrons. The van der Waals surface area contributed by atoms with Crippen LogP contribution in [0.25, 0.3) is 0 Å². The van der Waals surface area contributed by atoms with Crippen LogP contribution in [0.3, 0.4) is 0 Å². The van der Waals surface area contributed by atoms with Crippen LogP contribution in [-0.4, -0.2) is 34.1 Å². The molecule has 0 aliphatic carbocycles. The Hall–Kier alpha value is -2.82. The number of halogens is 2. The quantitative estimate of drug-likeness (QED) is 0.475. The molecule has 0 fully saturated rings. The summed E-state index contributed by atoms with van der Waals surface area (Å²) in [4.78, 5) is 28.9. The molecule has 0 amide bonds. The Labute approximate surface area is 146 Å². The lowest BCUT2D eigenvalue weighted by Crippen LogP contribution is -2.27. The molecule has 3 N–H and O–H groups in total. The Morgan fingerprint density at radius 2 is 2.04 bits per heavy atom. The summed E-state index contributed by atoms with van der Waals surface area (Å²) in [6.07, 6.45) is 0.540. The third-order valence-electron chi connectivity index (χ3n) is 3.30. The Balaban J connectivity index is 2.11. The number of pyridine rings is 1. The molecule has 26 heavy (non-hydrogen) atoms. The van der Waals surface area contributed by atoms with Gasteiger partial charge in [-0.15, -0.1) is 5.48 Å². The Morgan fingerprint density at radius 1 is 1.31 bits per heavy atom. The van der Waals surface area contributed by atoms with Crippen LogP contribution in [0.2, 0.25) is 0 Å². The van der Waals surface area contributed by atoms with Crippen molar-refractivity contribution in [3.63, 3.8) is 0 Å². The van der Waals surface area contributed by atoms with Gasteiger partial charge in [-0.25, -0.2) is 13.6 Å². The Morgan fingerprint density at radius 3 is 2.65 bits per heavy atom. The van der Waals surface area contributed by atoms with Crippen molar-refractivity contribution in [3.05, 3.63) is 63.6 Å². The first-order chi connectivity index (χ1) is 12.3. The summed E-state index contributed by atoms with van der Waals surface area (Å²) >= 11 is 0. The average Bonchev–Trinajstić information content (AvgIpc) is 2.57. The summed E-state index contributed by atoms with van der Waals surface area (Å²) < 4.78 is 32.3. The number of nitrogens with one attached hydrogen (secondary N) is 1. The molecule has 8 nitrogen and oxygen atoms in total. The lowest BCUT2D eigenvalue weighted by Gasteiger charge is -2.12. The van der Waals surface area contributed by atoms with Gasteiger partial charge in [-0.2, -0.15) is 0 Å². The minimum atomic E-state index is -1.72. The molecule has 0 saturated heterocycles. The second kappa shape index (κ2) is 8.52. The maximum Gasteiger partial charge on any atom is 0.362 e. The van der Waals surface area contributed by atoms with E-state index in [1.807, 2.05) is 0 Å². The van der Waals surface area contributed by atoms with Gasteiger partial charge in [-0.05, 0) is 6.07 Å². The highest BCUT2D eigenvalue weighted by molar-refractivity contribution is 5.89. The van der Waals surface area contributed by atoms with Crippen LogP contribution < -0.4 is 15.6 Å². The van der Waals surface area contributed by atoms with Gasteiger partial charge in [-0.3, -0.25) is 4.79 Å². The summed E-state index contributed by atoms with van der Waals surface area (Å²) in [5, 5.41) is 18.0. The highest BCUT2D eigenvalue weighted by Gasteiger charge is 2.18. The summed E-state index contributed by atoms with van der Waals surface area (Å²) in [6.45, 7) is -0.573.